The topological polar surface area (TPSA) is 94.6 Å². The van der Waals surface area contributed by atoms with Crippen LogP contribution in [0.1, 0.15) is 6.42 Å². The molecule has 0 bridgehead atoms. The SMILES string of the molecule is O=C(C1=COCCO1)N1CCN(S(=O)(=O)c2ccc3c(c2)OCCCO3)CC1. The summed E-state index contributed by atoms with van der Waals surface area (Å²) in [6, 6.07) is 4.66. The van der Waals surface area contributed by atoms with Gasteiger partial charge in [-0.25, -0.2) is 8.42 Å². The Kier molecular flexibility index (Phi) is 5.31. The zero-order valence-electron chi connectivity index (χ0n) is 15.3. The number of nitrogens with zero attached hydrogens (tertiary/aromatic N) is 2. The summed E-state index contributed by atoms with van der Waals surface area (Å²) in [4.78, 5) is 14.2. The van der Waals surface area contributed by atoms with E-state index in [1.807, 2.05) is 0 Å². The summed E-state index contributed by atoms with van der Waals surface area (Å²) in [5, 5.41) is 0. The van der Waals surface area contributed by atoms with Crippen LogP contribution in [0.5, 0.6) is 11.5 Å². The number of carbonyl (C=O) groups is 1. The lowest BCUT2D eigenvalue weighted by Crippen LogP contribution is -2.51. The fraction of sp³-hybridized carbons (Fsp3) is 0.500. The minimum absolute atomic E-state index is 0.156. The average Bonchev–Trinajstić information content (AvgIpc) is 2.99. The highest BCUT2D eigenvalue weighted by atomic mass is 32.2. The van der Waals surface area contributed by atoms with Crippen LogP contribution in [0.15, 0.2) is 35.1 Å². The number of fused-ring (bicyclic) bond motifs is 1. The smallest absolute Gasteiger partial charge is 0.292 e. The van der Waals surface area contributed by atoms with Crippen LogP contribution >= 0.6 is 0 Å². The Balaban J connectivity index is 1.44. The first-order chi connectivity index (χ1) is 13.6. The number of piperazine rings is 1. The van der Waals surface area contributed by atoms with Gasteiger partial charge in [0.1, 0.15) is 19.5 Å². The van der Waals surface area contributed by atoms with Crippen LogP contribution in [0.2, 0.25) is 0 Å². The Bertz CT molecular complexity index is 876. The molecule has 0 N–H and O–H groups in total. The Morgan fingerprint density at radius 3 is 2.36 bits per heavy atom. The average molecular weight is 410 g/mol. The van der Waals surface area contributed by atoms with Gasteiger partial charge >= 0.3 is 0 Å². The fourth-order valence-electron chi connectivity index (χ4n) is 3.22. The highest BCUT2D eigenvalue weighted by molar-refractivity contribution is 7.89. The molecular formula is C18H22N2O7S. The fourth-order valence-corrected chi connectivity index (χ4v) is 4.66. The highest BCUT2D eigenvalue weighted by Crippen LogP contribution is 2.33. The van der Waals surface area contributed by atoms with E-state index in [1.165, 1.54) is 22.7 Å². The monoisotopic (exact) mass is 410 g/mol. The van der Waals surface area contributed by atoms with Gasteiger partial charge < -0.3 is 23.8 Å². The molecule has 0 aliphatic carbocycles. The van der Waals surface area contributed by atoms with E-state index in [0.29, 0.717) is 37.9 Å². The van der Waals surface area contributed by atoms with Crippen molar-refractivity contribution in [2.75, 3.05) is 52.6 Å². The maximum Gasteiger partial charge on any atom is 0.292 e. The lowest BCUT2D eigenvalue weighted by molar-refractivity contribution is -0.133. The van der Waals surface area contributed by atoms with Crippen LogP contribution in [0.25, 0.3) is 0 Å². The number of sulfonamides is 1. The van der Waals surface area contributed by atoms with Gasteiger partial charge in [0.05, 0.1) is 18.1 Å². The van der Waals surface area contributed by atoms with Gasteiger partial charge in [-0.3, -0.25) is 4.79 Å². The van der Waals surface area contributed by atoms with Gasteiger partial charge in [0.15, 0.2) is 11.5 Å². The summed E-state index contributed by atoms with van der Waals surface area (Å²) < 4.78 is 49.0. The van der Waals surface area contributed by atoms with Gasteiger partial charge in [-0.05, 0) is 12.1 Å². The minimum atomic E-state index is -3.69. The van der Waals surface area contributed by atoms with Crippen LogP contribution < -0.4 is 9.47 Å². The molecule has 0 aromatic heterocycles. The van der Waals surface area contributed by atoms with Crippen LogP contribution in [-0.4, -0.2) is 76.1 Å². The quantitative estimate of drug-likeness (QED) is 0.719. The van der Waals surface area contributed by atoms with Crippen molar-refractivity contribution in [2.45, 2.75) is 11.3 Å². The standard InChI is InChI=1S/C18H22N2O7S/c21-18(17-13-24-10-11-27-17)19-4-6-20(7-5-19)28(22,23)14-2-3-15-16(12-14)26-9-1-8-25-15/h2-3,12-13H,1,4-11H2. The summed E-state index contributed by atoms with van der Waals surface area (Å²) in [5.74, 6) is 0.862. The van der Waals surface area contributed by atoms with Gasteiger partial charge in [0.2, 0.25) is 15.8 Å². The van der Waals surface area contributed by atoms with Gasteiger partial charge in [-0.1, -0.05) is 0 Å². The number of ether oxygens (including phenoxy) is 4. The molecule has 3 heterocycles. The molecule has 28 heavy (non-hydrogen) atoms. The van der Waals surface area contributed by atoms with Crippen molar-refractivity contribution in [3.8, 4) is 11.5 Å². The number of rotatable bonds is 3. The van der Waals surface area contributed by atoms with E-state index in [9.17, 15) is 13.2 Å². The lowest BCUT2D eigenvalue weighted by Gasteiger charge is -2.34. The summed E-state index contributed by atoms with van der Waals surface area (Å²) in [6.07, 6.45) is 2.06. The molecule has 1 aromatic carbocycles. The van der Waals surface area contributed by atoms with Crippen LogP contribution in [0.3, 0.4) is 0 Å². The molecule has 152 valence electrons. The Morgan fingerprint density at radius 2 is 1.64 bits per heavy atom. The first kappa shape index (κ1) is 18.9. The number of amides is 1. The Hall–Kier alpha value is -2.46. The first-order valence-electron chi connectivity index (χ1n) is 9.19. The molecule has 0 radical (unpaired) electrons. The normalized spacial score (nSPS) is 20.4. The Labute approximate surface area is 163 Å². The van der Waals surface area contributed by atoms with Crippen LogP contribution in [0.4, 0.5) is 0 Å². The van der Waals surface area contributed by atoms with E-state index in [-0.39, 0.29) is 42.7 Å². The van der Waals surface area contributed by atoms with E-state index in [0.717, 1.165) is 6.42 Å². The van der Waals surface area contributed by atoms with Crippen molar-refractivity contribution in [1.82, 2.24) is 9.21 Å². The molecule has 1 amide bonds. The molecule has 0 unspecified atom stereocenters. The van der Waals surface area contributed by atoms with E-state index in [1.54, 1.807) is 11.0 Å². The van der Waals surface area contributed by atoms with Crippen molar-refractivity contribution < 1.29 is 32.2 Å². The highest BCUT2D eigenvalue weighted by Gasteiger charge is 2.32. The summed E-state index contributed by atoms with van der Waals surface area (Å²) >= 11 is 0. The molecule has 10 heteroatoms. The third-order valence-corrected chi connectivity index (χ3v) is 6.64. The lowest BCUT2D eigenvalue weighted by atomic mass is 10.3. The van der Waals surface area contributed by atoms with Gasteiger partial charge in [0, 0.05) is 38.7 Å². The van der Waals surface area contributed by atoms with Crippen molar-refractivity contribution in [1.29, 1.82) is 0 Å². The first-order valence-corrected chi connectivity index (χ1v) is 10.6. The summed E-state index contributed by atoms with van der Waals surface area (Å²) in [5.41, 5.74) is 0. The summed E-state index contributed by atoms with van der Waals surface area (Å²) in [6.45, 7) is 2.74. The van der Waals surface area contributed by atoms with Crippen molar-refractivity contribution in [3.05, 3.63) is 30.2 Å². The second-order valence-electron chi connectivity index (χ2n) is 6.56. The number of carbonyl (C=O) groups excluding carboxylic acids is 1. The third kappa shape index (κ3) is 3.74. The molecule has 3 aliphatic rings. The molecule has 0 saturated carbocycles. The molecule has 1 aromatic rings. The van der Waals surface area contributed by atoms with Gasteiger partial charge in [0.25, 0.3) is 5.91 Å². The number of benzene rings is 1. The van der Waals surface area contributed by atoms with Crippen molar-refractivity contribution >= 4 is 15.9 Å². The molecule has 3 aliphatic heterocycles. The summed E-state index contributed by atoms with van der Waals surface area (Å²) in [7, 11) is -3.69. The Morgan fingerprint density at radius 1 is 0.893 bits per heavy atom. The van der Waals surface area contributed by atoms with Crippen molar-refractivity contribution in [2.24, 2.45) is 0 Å². The van der Waals surface area contributed by atoms with E-state index >= 15 is 0 Å². The second-order valence-corrected chi connectivity index (χ2v) is 8.49. The van der Waals surface area contributed by atoms with E-state index < -0.39 is 10.0 Å². The van der Waals surface area contributed by atoms with Crippen molar-refractivity contribution in [3.63, 3.8) is 0 Å². The second kappa shape index (κ2) is 7.88. The number of hydrogen-bond acceptors (Lipinski definition) is 7. The third-order valence-electron chi connectivity index (χ3n) is 4.74. The van der Waals surface area contributed by atoms with Crippen LogP contribution in [0, 0.1) is 0 Å². The predicted octanol–water partition coefficient (Wildman–Crippen LogP) is 0.569. The molecule has 1 saturated heterocycles. The molecule has 0 atom stereocenters. The van der Waals surface area contributed by atoms with E-state index in [4.69, 9.17) is 18.9 Å². The zero-order valence-corrected chi connectivity index (χ0v) is 16.2. The van der Waals surface area contributed by atoms with Gasteiger partial charge in [-0.15, -0.1) is 0 Å². The largest absolute Gasteiger partial charge is 0.494 e. The zero-order chi connectivity index (χ0) is 19.6. The molecular weight excluding hydrogens is 388 g/mol. The molecule has 4 rings (SSSR count). The van der Waals surface area contributed by atoms with Gasteiger partial charge in [-0.2, -0.15) is 4.31 Å². The predicted molar refractivity (Wildman–Crippen MR) is 97.4 cm³/mol. The maximum absolute atomic E-state index is 13.0. The van der Waals surface area contributed by atoms with Crippen LogP contribution in [-0.2, 0) is 24.3 Å². The number of hydrogen-bond donors (Lipinski definition) is 0. The maximum atomic E-state index is 13.0. The molecule has 1 fully saturated rings. The molecule has 0 spiro atoms. The molecule has 9 nitrogen and oxygen atoms in total. The minimum Gasteiger partial charge on any atom is -0.494 e. The van der Waals surface area contributed by atoms with E-state index in [2.05, 4.69) is 0 Å².